The lowest BCUT2D eigenvalue weighted by molar-refractivity contribution is -0.142. The van der Waals surface area contributed by atoms with Crippen molar-refractivity contribution < 1.29 is 9.53 Å². The molecule has 0 atom stereocenters. The fourth-order valence-corrected chi connectivity index (χ4v) is 1.61. The fraction of sp³-hybridized carbons (Fsp3) is 0.400. The Kier molecular flexibility index (Phi) is 3.93. The van der Waals surface area contributed by atoms with Crippen LogP contribution in [0.3, 0.4) is 0 Å². The second-order valence-electron chi connectivity index (χ2n) is 3.42. The van der Waals surface area contributed by atoms with Crippen LogP contribution in [-0.2, 0) is 9.53 Å². The van der Waals surface area contributed by atoms with Crippen LogP contribution in [0.1, 0.15) is 13.3 Å². The minimum absolute atomic E-state index is 0.250. The maximum atomic E-state index is 11.2. The van der Waals surface area contributed by atoms with Gasteiger partial charge in [0.05, 0.1) is 13.0 Å². The maximum Gasteiger partial charge on any atom is 0.307 e. The molecule has 0 amide bonds. The highest BCUT2D eigenvalue weighted by molar-refractivity contribution is 6.29. The molecule has 0 saturated carbocycles. The minimum atomic E-state index is -0.250. The van der Waals surface area contributed by atoms with Crippen molar-refractivity contribution in [3.05, 3.63) is 17.5 Å². The van der Waals surface area contributed by atoms with Gasteiger partial charge in [0.15, 0.2) is 0 Å². The number of nitrogens with one attached hydrogen (secondary N) is 1. The van der Waals surface area contributed by atoms with Crippen molar-refractivity contribution >= 4 is 29.2 Å². The first kappa shape index (κ1) is 12.6. The summed E-state index contributed by atoms with van der Waals surface area (Å²) in [6, 6.07) is 1.62. The van der Waals surface area contributed by atoms with Gasteiger partial charge >= 0.3 is 5.97 Å². The van der Waals surface area contributed by atoms with Crippen LogP contribution < -0.4 is 5.32 Å². The van der Waals surface area contributed by atoms with Gasteiger partial charge in [-0.25, -0.2) is 0 Å². The Morgan fingerprint density at radius 2 is 2.44 bits per heavy atom. The van der Waals surface area contributed by atoms with Crippen molar-refractivity contribution in [1.82, 2.24) is 19.6 Å². The molecule has 0 aliphatic rings. The molecule has 0 aliphatic heterocycles. The zero-order chi connectivity index (χ0) is 13.0. The van der Waals surface area contributed by atoms with Gasteiger partial charge in [-0.2, -0.15) is 19.6 Å². The lowest BCUT2D eigenvalue weighted by atomic mass is 10.4. The summed E-state index contributed by atoms with van der Waals surface area (Å²) in [5.41, 5.74) is 0. The highest BCUT2D eigenvalue weighted by Crippen LogP contribution is 2.14. The Morgan fingerprint density at radius 1 is 1.61 bits per heavy atom. The lowest BCUT2D eigenvalue weighted by Crippen LogP contribution is -2.13. The van der Waals surface area contributed by atoms with Crippen molar-refractivity contribution in [3.8, 4) is 0 Å². The average Bonchev–Trinajstić information content (AvgIpc) is 2.77. The number of aromatic nitrogens is 4. The van der Waals surface area contributed by atoms with E-state index in [9.17, 15) is 4.79 Å². The van der Waals surface area contributed by atoms with Gasteiger partial charge in [0.2, 0.25) is 0 Å². The number of fused-ring (bicyclic) bond motifs is 1. The molecule has 2 aromatic heterocycles. The summed E-state index contributed by atoms with van der Waals surface area (Å²) in [7, 11) is 0. The Labute approximate surface area is 108 Å². The summed E-state index contributed by atoms with van der Waals surface area (Å²) >= 11 is 5.85. The molecule has 18 heavy (non-hydrogen) atoms. The van der Waals surface area contributed by atoms with Crippen LogP contribution in [0.2, 0.25) is 5.15 Å². The molecule has 1 N–H and O–H groups in total. The van der Waals surface area contributed by atoms with Crippen LogP contribution in [-0.4, -0.2) is 38.7 Å². The first-order chi connectivity index (χ1) is 8.70. The summed E-state index contributed by atoms with van der Waals surface area (Å²) in [4.78, 5) is 19.1. The normalized spacial score (nSPS) is 10.6. The summed E-state index contributed by atoms with van der Waals surface area (Å²) in [5, 5.41) is 7.35. The van der Waals surface area contributed by atoms with Gasteiger partial charge in [0, 0.05) is 12.6 Å². The fourth-order valence-electron chi connectivity index (χ4n) is 1.44. The number of carbonyl (C=O) groups excluding carboxylic acids is 1. The molecule has 0 aliphatic carbocycles. The van der Waals surface area contributed by atoms with E-state index >= 15 is 0 Å². The molecule has 2 heterocycles. The number of rotatable bonds is 5. The second-order valence-corrected chi connectivity index (χ2v) is 3.80. The molecule has 96 valence electrons. The van der Waals surface area contributed by atoms with Gasteiger partial charge in [-0.15, -0.1) is 0 Å². The number of carbonyl (C=O) groups is 1. The van der Waals surface area contributed by atoms with Crippen molar-refractivity contribution in [2.75, 3.05) is 18.5 Å². The van der Waals surface area contributed by atoms with Crippen LogP contribution in [0, 0.1) is 0 Å². The Morgan fingerprint density at radius 3 is 3.22 bits per heavy atom. The van der Waals surface area contributed by atoms with E-state index in [-0.39, 0.29) is 12.4 Å². The third-order valence-corrected chi connectivity index (χ3v) is 2.35. The van der Waals surface area contributed by atoms with Gasteiger partial charge < -0.3 is 10.1 Å². The number of hydrogen-bond donors (Lipinski definition) is 1. The van der Waals surface area contributed by atoms with Gasteiger partial charge in [0.25, 0.3) is 5.78 Å². The van der Waals surface area contributed by atoms with E-state index in [2.05, 4.69) is 20.4 Å². The number of anilines is 1. The SMILES string of the molecule is CCOC(=O)CCNc1cc(Cl)nc2ncnn12. The van der Waals surface area contributed by atoms with E-state index in [0.29, 0.717) is 29.9 Å². The molecule has 0 bridgehead atoms. The lowest BCUT2D eigenvalue weighted by Gasteiger charge is -2.07. The van der Waals surface area contributed by atoms with Crippen LogP contribution >= 0.6 is 11.6 Å². The minimum Gasteiger partial charge on any atom is -0.466 e. The number of hydrogen-bond acceptors (Lipinski definition) is 6. The second kappa shape index (κ2) is 5.63. The molecule has 0 spiro atoms. The molecular weight excluding hydrogens is 258 g/mol. The van der Waals surface area contributed by atoms with E-state index < -0.39 is 0 Å². The van der Waals surface area contributed by atoms with Crippen LogP contribution in [0.4, 0.5) is 5.82 Å². The molecular formula is C10H12ClN5O2. The van der Waals surface area contributed by atoms with E-state index in [1.165, 1.54) is 10.8 Å². The Hall–Kier alpha value is -1.89. The van der Waals surface area contributed by atoms with Crippen molar-refractivity contribution in [3.63, 3.8) is 0 Å². The topological polar surface area (TPSA) is 81.4 Å². The van der Waals surface area contributed by atoms with Gasteiger partial charge in [-0.05, 0) is 6.92 Å². The first-order valence-electron chi connectivity index (χ1n) is 5.46. The number of ether oxygens (including phenoxy) is 1. The average molecular weight is 270 g/mol. The molecule has 7 nitrogen and oxygen atoms in total. The summed E-state index contributed by atoms with van der Waals surface area (Å²) in [6.07, 6.45) is 1.65. The molecule has 0 unspecified atom stereocenters. The summed E-state index contributed by atoms with van der Waals surface area (Å²) in [5.74, 6) is 0.785. The third-order valence-electron chi connectivity index (χ3n) is 2.16. The van der Waals surface area contributed by atoms with Gasteiger partial charge in [0.1, 0.15) is 17.3 Å². The van der Waals surface area contributed by atoms with Gasteiger partial charge in [-0.1, -0.05) is 11.6 Å². The predicted molar refractivity (Wildman–Crippen MR) is 65.5 cm³/mol. The highest BCUT2D eigenvalue weighted by Gasteiger charge is 2.07. The van der Waals surface area contributed by atoms with E-state index in [1.54, 1.807) is 13.0 Å². The first-order valence-corrected chi connectivity index (χ1v) is 5.84. The zero-order valence-electron chi connectivity index (χ0n) is 9.76. The van der Waals surface area contributed by atoms with Crippen molar-refractivity contribution in [2.45, 2.75) is 13.3 Å². The highest BCUT2D eigenvalue weighted by atomic mass is 35.5. The Balaban J connectivity index is 2.03. The molecule has 8 heteroatoms. The zero-order valence-corrected chi connectivity index (χ0v) is 10.5. The maximum absolute atomic E-state index is 11.2. The van der Waals surface area contributed by atoms with Gasteiger partial charge in [-0.3, -0.25) is 4.79 Å². The molecule has 0 radical (unpaired) electrons. The number of halogens is 1. The largest absolute Gasteiger partial charge is 0.466 e. The molecule has 0 saturated heterocycles. The van der Waals surface area contributed by atoms with E-state index in [4.69, 9.17) is 16.3 Å². The third kappa shape index (κ3) is 2.86. The molecule has 0 aromatic carbocycles. The summed E-state index contributed by atoms with van der Waals surface area (Å²) in [6.45, 7) is 2.58. The molecule has 2 rings (SSSR count). The van der Waals surface area contributed by atoms with Crippen LogP contribution in [0.25, 0.3) is 5.78 Å². The number of nitrogens with zero attached hydrogens (tertiary/aromatic N) is 4. The standard InChI is InChI=1S/C10H12ClN5O2/c1-2-18-9(17)3-4-12-8-5-7(11)15-10-13-6-14-16(8)10/h5-6,12H,2-4H2,1H3. The number of esters is 1. The van der Waals surface area contributed by atoms with Crippen LogP contribution in [0.5, 0.6) is 0 Å². The summed E-state index contributed by atoms with van der Waals surface area (Å²) < 4.78 is 6.33. The molecule has 2 aromatic rings. The predicted octanol–water partition coefficient (Wildman–Crippen LogP) is 1.14. The smallest absolute Gasteiger partial charge is 0.307 e. The monoisotopic (exact) mass is 269 g/mol. The van der Waals surface area contributed by atoms with E-state index in [0.717, 1.165) is 0 Å². The molecule has 0 fully saturated rings. The quantitative estimate of drug-likeness (QED) is 0.648. The van der Waals surface area contributed by atoms with Crippen LogP contribution in [0.15, 0.2) is 12.4 Å². The Bertz CT molecular complexity index is 556. The van der Waals surface area contributed by atoms with Crippen molar-refractivity contribution in [2.24, 2.45) is 0 Å². The van der Waals surface area contributed by atoms with E-state index in [1.807, 2.05) is 0 Å². The van der Waals surface area contributed by atoms with Crippen molar-refractivity contribution in [1.29, 1.82) is 0 Å².